The fourth-order valence-electron chi connectivity index (χ4n) is 2.31. The molecule has 1 aromatic carbocycles. The summed E-state index contributed by atoms with van der Waals surface area (Å²) in [6.45, 7) is 1.65. The number of rotatable bonds is 7. The molecule has 0 spiro atoms. The zero-order valence-corrected chi connectivity index (χ0v) is 15.1. The van der Waals surface area contributed by atoms with Gasteiger partial charge in [0.25, 0.3) is 0 Å². The second-order valence-electron chi connectivity index (χ2n) is 5.58. The van der Waals surface area contributed by atoms with Crippen molar-refractivity contribution in [2.75, 3.05) is 13.0 Å². The molecule has 2 rings (SSSR count). The second-order valence-corrected chi connectivity index (χ2v) is 5.89. The van der Waals surface area contributed by atoms with Gasteiger partial charge < -0.3 is 4.52 Å². The normalized spacial score (nSPS) is 14.0. The molecule has 27 heavy (non-hydrogen) atoms. The highest BCUT2D eigenvalue weighted by atomic mass is 35.5. The Morgan fingerprint density at radius 3 is 2.44 bits per heavy atom. The molecular weight excluding hydrogens is 394 g/mol. The van der Waals surface area contributed by atoms with Crippen molar-refractivity contribution in [2.45, 2.75) is 31.7 Å². The number of benzene rings is 1. The molecule has 11 heteroatoms. The topological polar surface area (TPSA) is 68.5 Å². The number of aromatic nitrogens is 2. The average molecular weight is 410 g/mol. The Balaban J connectivity index is 2.15. The number of carbonyl (C=O) groups is 1. The maximum atomic E-state index is 13.3. The van der Waals surface area contributed by atoms with Crippen LogP contribution in [0.1, 0.15) is 30.8 Å². The minimum Gasteiger partial charge on any atom is -0.329 e. The number of hydrogen-bond donors (Lipinski definition) is 0. The van der Waals surface area contributed by atoms with Crippen molar-refractivity contribution in [3.05, 3.63) is 35.7 Å². The molecular formula is C16H16ClF4N3O3. The zero-order chi connectivity index (χ0) is 20.2. The Bertz CT molecular complexity index is 767. The Morgan fingerprint density at radius 2 is 1.96 bits per heavy atom. The standard InChI is InChI=1S/C16H16ClF4N3O3/c1-9(24(26-2)13(25)7-12(18)8-17)10-3-5-11(6-4-10)14-22-15(27-23-14)16(19,20)21/h3-6,9,12H,7-8H2,1-2H3. The van der Waals surface area contributed by atoms with Crippen LogP contribution in [0.4, 0.5) is 17.6 Å². The van der Waals surface area contributed by atoms with Crippen LogP contribution in [-0.4, -0.2) is 40.3 Å². The third kappa shape index (κ3) is 5.16. The predicted octanol–water partition coefficient (Wildman–Crippen LogP) is 4.17. The summed E-state index contributed by atoms with van der Waals surface area (Å²) in [5.41, 5.74) is 0.904. The SMILES string of the molecule is CON(C(=O)CC(F)CCl)C(C)c1ccc(-c2noc(C(F)(F)F)n2)cc1. The van der Waals surface area contributed by atoms with Crippen molar-refractivity contribution in [3.8, 4) is 11.4 Å². The minimum absolute atomic E-state index is 0.219. The van der Waals surface area contributed by atoms with Gasteiger partial charge in [0.15, 0.2) is 0 Å². The Labute approximate surface area is 157 Å². The number of halogens is 5. The molecule has 0 bridgehead atoms. The van der Waals surface area contributed by atoms with Crippen molar-refractivity contribution in [1.82, 2.24) is 15.2 Å². The van der Waals surface area contributed by atoms with Crippen LogP contribution in [0.3, 0.4) is 0 Å². The van der Waals surface area contributed by atoms with E-state index in [-0.39, 0.29) is 11.7 Å². The second kappa shape index (κ2) is 8.66. The molecule has 1 aromatic heterocycles. The molecule has 2 atom stereocenters. The molecule has 0 N–H and O–H groups in total. The van der Waals surface area contributed by atoms with E-state index in [0.29, 0.717) is 11.1 Å². The van der Waals surface area contributed by atoms with Crippen molar-refractivity contribution < 1.29 is 31.7 Å². The van der Waals surface area contributed by atoms with Gasteiger partial charge in [-0.2, -0.15) is 18.2 Å². The largest absolute Gasteiger partial charge is 0.471 e. The van der Waals surface area contributed by atoms with Gasteiger partial charge in [-0.3, -0.25) is 9.63 Å². The lowest BCUT2D eigenvalue weighted by molar-refractivity contribution is -0.188. The summed E-state index contributed by atoms with van der Waals surface area (Å²) in [6, 6.07) is 5.52. The van der Waals surface area contributed by atoms with E-state index in [4.69, 9.17) is 16.4 Å². The summed E-state index contributed by atoms with van der Waals surface area (Å²) in [5.74, 6) is -2.55. The van der Waals surface area contributed by atoms with Crippen LogP contribution in [-0.2, 0) is 15.8 Å². The molecule has 0 aliphatic heterocycles. The Kier molecular flexibility index (Phi) is 6.77. The molecule has 0 fully saturated rings. The highest BCUT2D eigenvalue weighted by molar-refractivity contribution is 6.18. The lowest BCUT2D eigenvalue weighted by atomic mass is 10.1. The van der Waals surface area contributed by atoms with E-state index in [2.05, 4.69) is 14.7 Å². The third-order valence-electron chi connectivity index (χ3n) is 3.68. The molecule has 2 unspecified atom stereocenters. The first-order chi connectivity index (χ1) is 12.7. The van der Waals surface area contributed by atoms with Gasteiger partial charge in [0.1, 0.15) is 6.17 Å². The van der Waals surface area contributed by atoms with Gasteiger partial charge >= 0.3 is 12.1 Å². The average Bonchev–Trinajstić information content (AvgIpc) is 3.12. The highest BCUT2D eigenvalue weighted by Gasteiger charge is 2.38. The van der Waals surface area contributed by atoms with E-state index in [9.17, 15) is 22.4 Å². The molecule has 1 amide bonds. The quantitative estimate of drug-likeness (QED) is 0.390. The van der Waals surface area contributed by atoms with Crippen molar-refractivity contribution >= 4 is 17.5 Å². The van der Waals surface area contributed by atoms with Gasteiger partial charge in [0, 0.05) is 5.56 Å². The summed E-state index contributed by atoms with van der Waals surface area (Å²) >= 11 is 5.37. The molecule has 0 aliphatic carbocycles. The van der Waals surface area contributed by atoms with Gasteiger partial charge in [0.2, 0.25) is 11.7 Å². The molecule has 0 saturated heterocycles. The number of nitrogens with zero attached hydrogens (tertiary/aromatic N) is 3. The van der Waals surface area contributed by atoms with Gasteiger partial charge in [-0.05, 0) is 12.5 Å². The smallest absolute Gasteiger partial charge is 0.329 e. The van der Waals surface area contributed by atoms with E-state index in [1.54, 1.807) is 19.1 Å². The van der Waals surface area contributed by atoms with Gasteiger partial charge in [-0.15, -0.1) is 11.6 Å². The minimum atomic E-state index is -4.73. The Hall–Kier alpha value is -2.20. The zero-order valence-electron chi connectivity index (χ0n) is 14.3. The first kappa shape index (κ1) is 21.1. The maximum absolute atomic E-state index is 13.3. The van der Waals surface area contributed by atoms with Crippen LogP contribution in [0.5, 0.6) is 0 Å². The van der Waals surface area contributed by atoms with Crippen molar-refractivity contribution in [1.29, 1.82) is 0 Å². The van der Waals surface area contributed by atoms with Gasteiger partial charge in [-0.1, -0.05) is 29.4 Å². The van der Waals surface area contributed by atoms with E-state index in [1.807, 2.05) is 0 Å². The lowest BCUT2D eigenvalue weighted by Crippen LogP contribution is -2.34. The first-order valence-corrected chi connectivity index (χ1v) is 8.28. The predicted molar refractivity (Wildman–Crippen MR) is 87.2 cm³/mol. The first-order valence-electron chi connectivity index (χ1n) is 7.74. The van der Waals surface area contributed by atoms with Gasteiger partial charge in [0.05, 0.1) is 25.5 Å². The summed E-state index contributed by atoms with van der Waals surface area (Å²) in [5, 5.41) is 4.30. The molecule has 1 heterocycles. The molecule has 0 aliphatic rings. The van der Waals surface area contributed by atoms with Crippen LogP contribution in [0.2, 0.25) is 0 Å². The summed E-state index contributed by atoms with van der Waals surface area (Å²) < 4.78 is 55.1. The molecule has 0 saturated carbocycles. The fraction of sp³-hybridized carbons (Fsp3) is 0.438. The summed E-state index contributed by atoms with van der Waals surface area (Å²) in [7, 11) is 1.27. The van der Waals surface area contributed by atoms with E-state index < -0.39 is 36.6 Å². The van der Waals surface area contributed by atoms with E-state index >= 15 is 0 Å². The van der Waals surface area contributed by atoms with Gasteiger partial charge in [-0.25, -0.2) is 9.45 Å². The number of carbonyl (C=O) groups excluding carboxylic acids is 1. The molecule has 6 nitrogen and oxygen atoms in total. The van der Waals surface area contributed by atoms with Crippen LogP contribution in [0.25, 0.3) is 11.4 Å². The maximum Gasteiger partial charge on any atom is 0.471 e. The lowest BCUT2D eigenvalue weighted by Gasteiger charge is -2.27. The van der Waals surface area contributed by atoms with Crippen LogP contribution in [0, 0.1) is 0 Å². The third-order valence-corrected chi connectivity index (χ3v) is 4.01. The van der Waals surface area contributed by atoms with Crippen molar-refractivity contribution in [3.63, 3.8) is 0 Å². The summed E-state index contributed by atoms with van der Waals surface area (Å²) in [6.07, 6.45) is -6.65. The van der Waals surface area contributed by atoms with E-state index in [1.165, 1.54) is 19.2 Å². The fourth-order valence-corrected chi connectivity index (χ4v) is 2.42. The number of amides is 1. The number of alkyl halides is 5. The number of hydroxylamine groups is 2. The molecule has 0 radical (unpaired) electrons. The van der Waals surface area contributed by atoms with Crippen LogP contribution >= 0.6 is 11.6 Å². The number of hydrogen-bond acceptors (Lipinski definition) is 5. The molecule has 2 aromatic rings. The molecule has 148 valence electrons. The summed E-state index contributed by atoms with van der Waals surface area (Å²) in [4.78, 5) is 20.4. The van der Waals surface area contributed by atoms with Crippen LogP contribution < -0.4 is 0 Å². The highest BCUT2D eigenvalue weighted by Crippen LogP contribution is 2.30. The van der Waals surface area contributed by atoms with Crippen molar-refractivity contribution in [2.24, 2.45) is 0 Å². The van der Waals surface area contributed by atoms with E-state index in [0.717, 1.165) is 5.06 Å². The monoisotopic (exact) mass is 409 g/mol. The Morgan fingerprint density at radius 1 is 1.33 bits per heavy atom. The van der Waals surface area contributed by atoms with Crippen LogP contribution in [0.15, 0.2) is 28.8 Å².